The topological polar surface area (TPSA) is 44.5 Å². The van der Waals surface area contributed by atoms with Gasteiger partial charge in [0, 0.05) is 18.5 Å². The SMILES string of the molecule is NCc1ccc(F)c(-c2ccc3c(c2)OCCCO3)c1. The van der Waals surface area contributed by atoms with E-state index in [0.717, 1.165) is 17.5 Å². The number of benzene rings is 2. The normalized spacial score (nSPS) is 13.9. The largest absolute Gasteiger partial charge is 0.490 e. The molecule has 2 aromatic carbocycles. The fourth-order valence-electron chi connectivity index (χ4n) is 2.25. The summed E-state index contributed by atoms with van der Waals surface area (Å²) in [4.78, 5) is 0. The van der Waals surface area contributed by atoms with Crippen LogP contribution in [0.25, 0.3) is 11.1 Å². The van der Waals surface area contributed by atoms with Gasteiger partial charge in [-0.3, -0.25) is 0 Å². The lowest BCUT2D eigenvalue weighted by Gasteiger charge is -2.11. The highest BCUT2D eigenvalue weighted by molar-refractivity contribution is 5.68. The lowest BCUT2D eigenvalue weighted by atomic mass is 10.0. The van der Waals surface area contributed by atoms with Crippen LogP contribution in [0.3, 0.4) is 0 Å². The minimum absolute atomic E-state index is 0.267. The molecular formula is C16H16FNO2. The van der Waals surface area contributed by atoms with Crippen molar-refractivity contribution in [3.8, 4) is 22.6 Å². The third-order valence-electron chi connectivity index (χ3n) is 3.32. The Bertz CT molecular complexity index is 628. The second-order valence-electron chi connectivity index (χ2n) is 4.73. The molecule has 0 atom stereocenters. The zero-order valence-corrected chi connectivity index (χ0v) is 11.1. The first-order valence-electron chi connectivity index (χ1n) is 6.66. The van der Waals surface area contributed by atoms with Crippen molar-refractivity contribution in [1.82, 2.24) is 0 Å². The van der Waals surface area contributed by atoms with Crippen LogP contribution in [0.4, 0.5) is 4.39 Å². The molecule has 0 aliphatic carbocycles. The summed E-state index contributed by atoms with van der Waals surface area (Å²) in [6.07, 6.45) is 0.848. The molecule has 0 aromatic heterocycles. The van der Waals surface area contributed by atoms with Crippen LogP contribution in [-0.2, 0) is 6.54 Å². The van der Waals surface area contributed by atoms with Crippen LogP contribution >= 0.6 is 0 Å². The van der Waals surface area contributed by atoms with Crippen molar-refractivity contribution in [1.29, 1.82) is 0 Å². The average Bonchev–Trinajstić information content (AvgIpc) is 2.72. The molecule has 0 unspecified atom stereocenters. The Labute approximate surface area is 117 Å². The van der Waals surface area contributed by atoms with Gasteiger partial charge >= 0.3 is 0 Å². The van der Waals surface area contributed by atoms with Crippen molar-refractivity contribution in [2.45, 2.75) is 13.0 Å². The maximum Gasteiger partial charge on any atom is 0.161 e. The van der Waals surface area contributed by atoms with Gasteiger partial charge < -0.3 is 15.2 Å². The lowest BCUT2D eigenvalue weighted by molar-refractivity contribution is 0.297. The van der Waals surface area contributed by atoms with E-state index in [1.165, 1.54) is 6.07 Å². The fourth-order valence-corrected chi connectivity index (χ4v) is 2.25. The molecule has 0 saturated heterocycles. The summed E-state index contributed by atoms with van der Waals surface area (Å²) >= 11 is 0. The number of hydrogen-bond acceptors (Lipinski definition) is 3. The molecule has 4 heteroatoms. The third-order valence-corrected chi connectivity index (χ3v) is 3.32. The van der Waals surface area contributed by atoms with Crippen molar-refractivity contribution in [2.24, 2.45) is 5.73 Å². The molecular weight excluding hydrogens is 257 g/mol. The first kappa shape index (κ1) is 12.9. The Kier molecular flexibility index (Phi) is 3.56. The van der Waals surface area contributed by atoms with Crippen molar-refractivity contribution < 1.29 is 13.9 Å². The van der Waals surface area contributed by atoms with E-state index in [-0.39, 0.29) is 5.82 Å². The summed E-state index contributed by atoms with van der Waals surface area (Å²) in [5.74, 6) is 1.11. The number of nitrogens with two attached hydrogens (primary N) is 1. The molecule has 0 amide bonds. The van der Waals surface area contributed by atoms with E-state index in [1.807, 2.05) is 18.2 Å². The van der Waals surface area contributed by atoms with E-state index in [0.29, 0.717) is 36.8 Å². The minimum Gasteiger partial charge on any atom is -0.490 e. The Morgan fingerprint density at radius 1 is 1.00 bits per heavy atom. The molecule has 2 N–H and O–H groups in total. The molecule has 0 saturated carbocycles. The predicted molar refractivity (Wildman–Crippen MR) is 75.3 cm³/mol. The van der Waals surface area contributed by atoms with Crippen molar-refractivity contribution in [3.63, 3.8) is 0 Å². The van der Waals surface area contributed by atoms with Crippen LogP contribution in [0.1, 0.15) is 12.0 Å². The molecule has 3 nitrogen and oxygen atoms in total. The van der Waals surface area contributed by atoms with Gasteiger partial charge in [0.1, 0.15) is 5.82 Å². The monoisotopic (exact) mass is 273 g/mol. The number of halogens is 1. The summed E-state index contributed by atoms with van der Waals surface area (Å²) in [6, 6.07) is 10.4. The van der Waals surface area contributed by atoms with Crippen LogP contribution in [-0.4, -0.2) is 13.2 Å². The van der Waals surface area contributed by atoms with Crippen LogP contribution in [0.2, 0.25) is 0 Å². The average molecular weight is 273 g/mol. The third kappa shape index (κ3) is 2.47. The maximum atomic E-state index is 14.0. The fraction of sp³-hybridized carbons (Fsp3) is 0.250. The maximum absolute atomic E-state index is 14.0. The van der Waals surface area contributed by atoms with Gasteiger partial charge in [0.2, 0.25) is 0 Å². The first-order valence-corrected chi connectivity index (χ1v) is 6.66. The minimum atomic E-state index is -0.267. The van der Waals surface area contributed by atoms with E-state index < -0.39 is 0 Å². The zero-order chi connectivity index (χ0) is 13.9. The summed E-state index contributed by atoms with van der Waals surface area (Å²) in [5.41, 5.74) is 7.80. The standard InChI is InChI=1S/C16H16FNO2/c17-14-4-2-11(10-18)8-13(14)12-3-5-15-16(9-12)20-7-1-6-19-15/h2-5,8-9H,1,6-7,10,18H2. The van der Waals surface area contributed by atoms with Crippen LogP contribution in [0, 0.1) is 5.82 Å². The van der Waals surface area contributed by atoms with E-state index in [4.69, 9.17) is 15.2 Å². The highest BCUT2D eigenvalue weighted by Gasteiger charge is 2.13. The second kappa shape index (κ2) is 5.51. The molecule has 1 heterocycles. The van der Waals surface area contributed by atoms with Crippen molar-refractivity contribution in [3.05, 3.63) is 47.8 Å². The molecule has 20 heavy (non-hydrogen) atoms. The number of hydrogen-bond donors (Lipinski definition) is 1. The van der Waals surface area contributed by atoms with Crippen molar-refractivity contribution >= 4 is 0 Å². The van der Waals surface area contributed by atoms with E-state index >= 15 is 0 Å². The van der Waals surface area contributed by atoms with Gasteiger partial charge in [-0.25, -0.2) is 4.39 Å². The summed E-state index contributed by atoms with van der Waals surface area (Å²) in [5, 5.41) is 0. The molecule has 0 spiro atoms. The number of rotatable bonds is 2. The Morgan fingerprint density at radius 3 is 2.60 bits per heavy atom. The summed E-state index contributed by atoms with van der Waals surface area (Å²) in [7, 11) is 0. The molecule has 104 valence electrons. The van der Waals surface area contributed by atoms with Gasteiger partial charge in [-0.15, -0.1) is 0 Å². The van der Waals surface area contributed by atoms with Crippen LogP contribution in [0.5, 0.6) is 11.5 Å². The second-order valence-corrected chi connectivity index (χ2v) is 4.73. The number of ether oxygens (including phenoxy) is 2. The Balaban J connectivity index is 2.04. The van der Waals surface area contributed by atoms with Gasteiger partial charge in [0.05, 0.1) is 13.2 Å². The molecule has 2 aromatic rings. The van der Waals surface area contributed by atoms with Gasteiger partial charge in [0.15, 0.2) is 11.5 Å². The molecule has 3 rings (SSSR count). The predicted octanol–water partition coefficient (Wildman–Crippen LogP) is 3.11. The Morgan fingerprint density at radius 2 is 1.80 bits per heavy atom. The Hall–Kier alpha value is -2.07. The van der Waals surface area contributed by atoms with Crippen LogP contribution < -0.4 is 15.2 Å². The molecule has 0 bridgehead atoms. The molecule has 0 fully saturated rings. The quantitative estimate of drug-likeness (QED) is 0.914. The first-order chi connectivity index (χ1) is 9.78. The summed E-state index contributed by atoms with van der Waals surface area (Å²) in [6.45, 7) is 1.64. The van der Waals surface area contributed by atoms with Gasteiger partial charge in [-0.2, -0.15) is 0 Å². The van der Waals surface area contributed by atoms with Crippen molar-refractivity contribution in [2.75, 3.05) is 13.2 Å². The van der Waals surface area contributed by atoms with E-state index in [2.05, 4.69) is 0 Å². The van der Waals surface area contributed by atoms with E-state index in [9.17, 15) is 4.39 Å². The van der Waals surface area contributed by atoms with Crippen LogP contribution in [0.15, 0.2) is 36.4 Å². The van der Waals surface area contributed by atoms with Gasteiger partial charge in [0.25, 0.3) is 0 Å². The zero-order valence-electron chi connectivity index (χ0n) is 11.1. The number of fused-ring (bicyclic) bond motifs is 1. The molecule has 0 radical (unpaired) electrons. The smallest absolute Gasteiger partial charge is 0.161 e. The van der Waals surface area contributed by atoms with Gasteiger partial charge in [-0.1, -0.05) is 12.1 Å². The lowest BCUT2D eigenvalue weighted by Crippen LogP contribution is -1.98. The molecule has 1 aliphatic rings. The van der Waals surface area contributed by atoms with Gasteiger partial charge in [-0.05, 0) is 35.4 Å². The summed E-state index contributed by atoms with van der Waals surface area (Å²) < 4.78 is 25.2. The highest BCUT2D eigenvalue weighted by Crippen LogP contribution is 2.35. The molecule has 1 aliphatic heterocycles. The highest BCUT2D eigenvalue weighted by atomic mass is 19.1. The van der Waals surface area contributed by atoms with E-state index in [1.54, 1.807) is 12.1 Å².